The molecule has 5 nitrogen and oxygen atoms in total. The van der Waals surface area contributed by atoms with Crippen molar-refractivity contribution < 1.29 is 9.90 Å². The molecule has 1 aliphatic rings. The van der Waals surface area contributed by atoms with Crippen LogP contribution in [0.2, 0.25) is 0 Å². The molecule has 1 amide bonds. The molecule has 1 heterocycles. The van der Waals surface area contributed by atoms with Gasteiger partial charge < -0.3 is 21.5 Å². The lowest BCUT2D eigenvalue weighted by molar-refractivity contribution is -0.122. The van der Waals surface area contributed by atoms with Crippen LogP contribution in [0.4, 0.5) is 0 Å². The maximum atomic E-state index is 11.8. The van der Waals surface area contributed by atoms with Crippen LogP contribution >= 0.6 is 0 Å². The third-order valence-corrected chi connectivity index (χ3v) is 2.88. The van der Waals surface area contributed by atoms with E-state index in [4.69, 9.17) is 10.8 Å². The number of phenolic OH excluding ortho intramolecular Hbond substituents is 1. The van der Waals surface area contributed by atoms with Crippen LogP contribution in [0.1, 0.15) is 12.0 Å². The molecular weight excluding hydrogens is 218 g/mol. The average molecular weight is 235 g/mol. The highest BCUT2D eigenvalue weighted by Gasteiger charge is 2.26. The molecule has 1 aliphatic heterocycles. The van der Waals surface area contributed by atoms with E-state index in [1.54, 1.807) is 24.3 Å². The van der Waals surface area contributed by atoms with Crippen molar-refractivity contribution in [3.8, 4) is 5.75 Å². The van der Waals surface area contributed by atoms with Gasteiger partial charge in [-0.05, 0) is 24.1 Å². The molecule has 1 saturated heterocycles. The van der Waals surface area contributed by atoms with Crippen LogP contribution in [0.5, 0.6) is 5.75 Å². The zero-order valence-corrected chi connectivity index (χ0v) is 9.52. The lowest BCUT2D eigenvalue weighted by atomic mass is 10.1. The molecule has 0 unspecified atom stereocenters. The number of hydrogen-bond acceptors (Lipinski definition) is 4. The number of phenols is 1. The largest absolute Gasteiger partial charge is 0.508 e. The van der Waals surface area contributed by atoms with Crippen molar-refractivity contribution in [1.82, 2.24) is 10.6 Å². The number of hydrogen-bond donors (Lipinski definition) is 4. The van der Waals surface area contributed by atoms with Gasteiger partial charge in [0, 0.05) is 19.1 Å². The molecule has 1 aromatic rings. The minimum atomic E-state index is -0.179. The summed E-state index contributed by atoms with van der Waals surface area (Å²) < 4.78 is 0. The van der Waals surface area contributed by atoms with Gasteiger partial charge in [-0.3, -0.25) is 4.79 Å². The van der Waals surface area contributed by atoms with Gasteiger partial charge in [-0.1, -0.05) is 12.1 Å². The van der Waals surface area contributed by atoms with Crippen LogP contribution in [0, 0.1) is 0 Å². The van der Waals surface area contributed by atoms with Crippen molar-refractivity contribution in [3.05, 3.63) is 29.8 Å². The van der Waals surface area contributed by atoms with Gasteiger partial charge in [0.15, 0.2) is 0 Å². The molecule has 17 heavy (non-hydrogen) atoms. The topological polar surface area (TPSA) is 87.4 Å². The molecule has 0 saturated carbocycles. The Kier molecular flexibility index (Phi) is 3.61. The van der Waals surface area contributed by atoms with Crippen molar-refractivity contribution in [1.29, 1.82) is 0 Å². The Morgan fingerprint density at radius 3 is 2.76 bits per heavy atom. The maximum absolute atomic E-state index is 11.8. The molecular formula is C12H17N3O2. The Morgan fingerprint density at radius 1 is 1.47 bits per heavy atom. The first-order chi connectivity index (χ1) is 8.15. The molecule has 1 aromatic carbocycles. The third kappa shape index (κ3) is 3.18. The van der Waals surface area contributed by atoms with E-state index in [0.29, 0.717) is 19.5 Å². The summed E-state index contributed by atoms with van der Waals surface area (Å²) in [5.74, 6) is 0.203. The van der Waals surface area contributed by atoms with Gasteiger partial charge in [-0.25, -0.2) is 0 Å². The number of amides is 1. The molecule has 5 heteroatoms. The van der Waals surface area contributed by atoms with Crippen LogP contribution in [0.3, 0.4) is 0 Å². The number of carbonyl (C=O) groups is 1. The molecule has 0 aliphatic carbocycles. The second kappa shape index (κ2) is 5.16. The van der Waals surface area contributed by atoms with Gasteiger partial charge in [-0.2, -0.15) is 0 Å². The number of nitrogens with one attached hydrogen (secondary N) is 2. The van der Waals surface area contributed by atoms with Gasteiger partial charge in [-0.15, -0.1) is 0 Å². The normalized spacial score (nSPS) is 23.6. The lowest BCUT2D eigenvalue weighted by Crippen LogP contribution is -2.39. The van der Waals surface area contributed by atoms with Gasteiger partial charge in [0.2, 0.25) is 5.91 Å². The van der Waals surface area contributed by atoms with Crippen molar-refractivity contribution in [3.63, 3.8) is 0 Å². The van der Waals surface area contributed by atoms with Gasteiger partial charge >= 0.3 is 0 Å². The highest BCUT2D eigenvalue weighted by Crippen LogP contribution is 2.10. The summed E-state index contributed by atoms with van der Waals surface area (Å²) >= 11 is 0. The Balaban J connectivity index is 1.82. The molecule has 0 radical (unpaired) electrons. The average Bonchev–Trinajstić information content (AvgIpc) is 2.75. The molecule has 0 bridgehead atoms. The van der Waals surface area contributed by atoms with Crippen molar-refractivity contribution in [2.75, 3.05) is 6.54 Å². The minimum absolute atomic E-state index is 0.0222. The summed E-state index contributed by atoms with van der Waals surface area (Å²) in [5.41, 5.74) is 6.67. The standard InChI is InChI=1S/C12H17N3O2/c13-9-5-11(14-7-9)12(17)15-6-8-1-3-10(16)4-2-8/h1-4,9,11,14,16H,5-7,13H2,(H,15,17)/t9-,11-/m0/s1. The predicted molar refractivity (Wildman–Crippen MR) is 64.3 cm³/mol. The fourth-order valence-electron chi connectivity index (χ4n) is 1.89. The molecule has 1 fully saturated rings. The number of nitrogens with two attached hydrogens (primary N) is 1. The molecule has 92 valence electrons. The molecule has 0 spiro atoms. The Morgan fingerprint density at radius 2 is 2.18 bits per heavy atom. The molecule has 2 atom stereocenters. The smallest absolute Gasteiger partial charge is 0.237 e. The number of rotatable bonds is 3. The summed E-state index contributed by atoms with van der Waals surface area (Å²) in [4.78, 5) is 11.8. The zero-order chi connectivity index (χ0) is 12.3. The first-order valence-corrected chi connectivity index (χ1v) is 5.70. The van der Waals surface area contributed by atoms with Crippen LogP contribution in [-0.4, -0.2) is 29.6 Å². The maximum Gasteiger partial charge on any atom is 0.237 e. The quantitative estimate of drug-likeness (QED) is 0.579. The van der Waals surface area contributed by atoms with Crippen LogP contribution in [-0.2, 0) is 11.3 Å². The van der Waals surface area contributed by atoms with Crippen LogP contribution < -0.4 is 16.4 Å². The number of carbonyl (C=O) groups excluding carboxylic acids is 1. The summed E-state index contributed by atoms with van der Waals surface area (Å²) in [6, 6.07) is 6.66. The van der Waals surface area contributed by atoms with E-state index in [1.165, 1.54) is 0 Å². The number of benzene rings is 1. The summed E-state index contributed by atoms with van der Waals surface area (Å²) in [5, 5.41) is 15.0. The van der Waals surface area contributed by atoms with Crippen LogP contribution in [0.25, 0.3) is 0 Å². The minimum Gasteiger partial charge on any atom is -0.508 e. The highest BCUT2D eigenvalue weighted by atomic mass is 16.3. The van der Waals surface area contributed by atoms with Crippen molar-refractivity contribution in [2.24, 2.45) is 5.73 Å². The monoisotopic (exact) mass is 235 g/mol. The molecule has 5 N–H and O–H groups in total. The lowest BCUT2D eigenvalue weighted by Gasteiger charge is -2.11. The van der Waals surface area contributed by atoms with Gasteiger partial charge in [0.1, 0.15) is 5.75 Å². The van der Waals surface area contributed by atoms with Gasteiger partial charge in [0.05, 0.1) is 6.04 Å². The fraction of sp³-hybridized carbons (Fsp3) is 0.417. The second-order valence-electron chi connectivity index (χ2n) is 4.34. The molecule has 0 aromatic heterocycles. The van der Waals surface area contributed by atoms with E-state index in [2.05, 4.69) is 10.6 Å². The molecule has 2 rings (SSSR count). The van der Waals surface area contributed by atoms with E-state index in [1.807, 2.05) is 0 Å². The Hall–Kier alpha value is -1.59. The van der Waals surface area contributed by atoms with Crippen molar-refractivity contribution in [2.45, 2.75) is 25.0 Å². The predicted octanol–water partition coefficient (Wildman–Crippen LogP) is -0.302. The zero-order valence-electron chi connectivity index (χ0n) is 9.52. The van der Waals surface area contributed by atoms with E-state index < -0.39 is 0 Å². The first kappa shape index (κ1) is 11.9. The fourth-order valence-corrected chi connectivity index (χ4v) is 1.89. The summed E-state index contributed by atoms with van der Waals surface area (Å²) in [7, 11) is 0. The Labute approximate surface area is 100 Å². The second-order valence-corrected chi connectivity index (χ2v) is 4.34. The van der Waals surface area contributed by atoms with Gasteiger partial charge in [0.25, 0.3) is 0 Å². The highest BCUT2D eigenvalue weighted by molar-refractivity contribution is 5.82. The van der Waals surface area contributed by atoms with E-state index in [-0.39, 0.29) is 23.7 Å². The Bertz CT molecular complexity index is 391. The van der Waals surface area contributed by atoms with E-state index in [9.17, 15) is 4.79 Å². The van der Waals surface area contributed by atoms with E-state index in [0.717, 1.165) is 5.56 Å². The SMILES string of the molecule is N[C@@H]1CN[C@H](C(=O)NCc2ccc(O)cc2)C1. The van der Waals surface area contributed by atoms with E-state index >= 15 is 0 Å². The summed E-state index contributed by atoms with van der Waals surface area (Å²) in [6.45, 7) is 1.16. The first-order valence-electron chi connectivity index (χ1n) is 5.70. The summed E-state index contributed by atoms with van der Waals surface area (Å²) in [6.07, 6.45) is 0.682. The van der Waals surface area contributed by atoms with Crippen LogP contribution in [0.15, 0.2) is 24.3 Å². The third-order valence-electron chi connectivity index (χ3n) is 2.88. The number of aromatic hydroxyl groups is 1. The van der Waals surface area contributed by atoms with Crippen molar-refractivity contribution >= 4 is 5.91 Å².